The van der Waals surface area contributed by atoms with Crippen LogP contribution in [0.1, 0.15) is 23.2 Å². The molecule has 0 unspecified atom stereocenters. The molecule has 2 aromatic rings. The lowest BCUT2D eigenvalue weighted by Gasteiger charge is -2.29. The lowest BCUT2D eigenvalue weighted by atomic mass is 10.1. The number of halogens is 2. The van der Waals surface area contributed by atoms with Crippen LogP contribution >= 0.6 is 23.2 Å². The third-order valence-corrected chi connectivity index (χ3v) is 4.43. The largest absolute Gasteiger partial charge is 0.338 e. The Morgan fingerprint density at radius 3 is 2.42 bits per heavy atom. The summed E-state index contributed by atoms with van der Waals surface area (Å²) in [5.41, 5.74) is 5.94. The van der Waals surface area contributed by atoms with Gasteiger partial charge in [0.1, 0.15) is 11.4 Å². The average Bonchev–Trinajstić information content (AvgIpc) is 2.54. The number of nitrogens with two attached hydrogens (primary N) is 1. The number of piperidine rings is 1. The highest BCUT2D eigenvalue weighted by atomic mass is 35.5. The maximum Gasteiger partial charge on any atom is 0.264 e. The number of aromatic nitrogens is 2. The van der Waals surface area contributed by atoms with Gasteiger partial charge >= 0.3 is 0 Å². The summed E-state index contributed by atoms with van der Waals surface area (Å²) >= 11 is 11.9. The van der Waals surface area contributed by atoms with E-state index in [1.54, 1.807) is 23.1 Å². The van der Waals surface area contributed by atoms with Gasteiger partial charge in [-0.15, -0.1) is 0 Å². The monoisotopic (exact) mass is 366 g/mol. The summed E-state index contributed by atoms with van der Waals surface area (Å²) < 4.78 is 0. The molecule has 126 valence electrons. The van der Waals surface area contributed by atoms with Crippen LogP contribution in [-0.2, 0) is 0 Å². The number of hydrogen-bond acceptors (Lipinski definition) is 4. The van der Waals surface area contributed by atoms with E-state index in [1.807, 2.05) is 0 Å². The predicted molar refractivity (Wildman–Crippen MR) is 93.4 cm³/mol. The predicted octanol–water partition coefficient (Wildman–Crippen LogP) is 2.31. The van der Waals surface area contributed by atoms with E-state index >= 15 is 0 Å². The zero-order valence-corrected chi connectivity index (χ0v) is 14.3. The third-order valence-electron chi connectivity index (χ3n) is 3.99. The minimum Gasteiger partial charge on any atom is -0.338 e. The van der Waals surface area contributed by atoms with Gasteiger partial charge in [-0.05, 0) is 31.0 Å². The molecule has 1 fully saturated rings. The van der Waals surface area contributed by atoms with Crippen LogP contribution in [0.3, 0.4) is 0 Å². The molecule has 2 heterocycles. The molecule has 6 nitrogen and oxygen atoms in total. The Balaban J connectivity index is 1.87. The molecule has 0 bridgehead atoms. The molecule has 1 aliphatic rings. The van der Waals surface area contributed by atoms with Crippen molar-refractivity contribution in [3.8, 4) is 11.4 Å². The van der Waals surface area contributed by atoms with Crippen molar-refractivity contribution >= 4 is 29.1 Å². The Labute approximate surface area is 148 Å². The van der Waals surface area contributed by atoms with E-state index in [4.69, 9.17) is 28.9 Å². The van der Waals surface area contributed by atoms with Crippen molar-refractivity contribution in [2.24, 2.45) is 5.73 Å². The second kappa shape index (κ2) is 6.93. The van der Waals surface area contributed by atoms with Gasteiger partial charge in [0.2, 0.25) is 0 Å². The fourth-order valence-electron chi connectivity index (χ4n) is 2.66. The molecule has 0 atom stereocenters. The summed E-state index contributed by atoms with van der Waals surface area (Å²) in [5.74, 6) is -0.0204. The van der Waals surface area contributed by atoms with Crippen LogP contribution in [-0.4, -0.2) is 39.9 Å². The highest BCUT2D eigenvalue weighted by Crippen LogP contribution is 2.24. The molecule has 3 rings (SSSR count). The van der Waals surface area contributed by atoms with Crippen LogP contribution in [0.15, 0.2) is 29.2 Å². The van der Waals surface area contributed by atoms with Gasteiger partial charge < -0.3 is 15.6 Å². The summed E-state index contributed by atoms with van der Waals surface area (Å²) in [4.78, 5) is 33.2. The molecule has 0 spiro atoms. The summed E-state index contributed by atoms with van der Waals surface area (Å²) in [5, 5.41) is 0.870. The Bertz CT molecular complexity index is 809. The number of amides is 1. The number of likely N-dealkylation sites (tertiary alicyclic amines) is 1. The van der Waals surface area contributed by atoms with E-state index in [0.717, 1.165) is 12.8 Å². The number of nitrogens with zero attached hydrogens (tertiary/aromatic N) is 2. The molecule has 0 radical (unpaired) electrons. The topological polar surface area (TPSA) is 92.1 Å². The van der Waals surface area contributed by atoms with Crippen LogP contribution in [0.5, 0.6) is 0 Å². The number of benzene rings is 1. The van der Waals surface area contributed by atoms with Gasteiger partial charge in [-0.1, -0.05) is 23.2 Å². The lowest BCUT2D eigenvalue weighted by Crippen LogP contribution is -2.44. The van der Waals surface area contributed by atoms with Gasteiger partial charge in [0.05, 0.1) is 0 Å². The first-order valence-electron chi connectivity index (χ1n) is 7.54. The van der Waals surface area contributed by atoms with Crippen molar-refractivity contribution in [3.05, 3.63) is 50.4 Å². The summed E-state index contributed by atoms with van der Waals surface area (Å²) in [7, 11) is 0. The number of H-pyrrole nitrogens is 1. The minimum absolute atomic E-state index is 0.0161. The van der Waals surface area contributed by atoms with Crippen molar-refractivity contribution in [1.82, 2.24) is 14.9 Å². The number of carbonyl (C=O) groups is 1. The van der Waals surface area contributed by atoms with Crippen molar-refractivity contribution in [1.29, 1.82) is 0 Å². The number of nitrogens with one attached hydrogen (secondary N) is 1. The van der Waals surface area contributed by atoms with Crippen molar-refractivity contribution in [3.63, 3.8) is 0 Å². The molecular weight excluding hydrogens is 351 g/mol. The van der Waals surface area contributed by atoms with Gasteiger partial charge in [-0.3, -0.25) is 9.59 Å². The first-order chi connectivity index (χ1) is 11.4. The molecule has 1 saturated heterocycles. The minimum atomic E-state index is -0.490. The van der Waals surface area contributed by atoms with E-state index in [0.29, 0.717) is 34.5 Å². The zero-order valence-electron chi connectivity index (χ0n) is 12.8. The van der Waals surface area contributed by atoms with Crippen LogP contribution in [0.4, 0.5) is 0 Å². The normalized spacial score (nSPS) is 15.5. The molecule has 8 heteroatoms. The standard InChI is InChI=1S/C16H16Cl2N4O2/c17-10-5-9(6-11(18)7-10)14-20-8-13(15(23)21-14)16(24)22-3-1-12(19)2-4-22/h5-8,12H,1-4,19H2,(H,20,21,23). The average molecular weight is 367 g/mol. The molecule has 24 heavy (non-hydrogen) atoms. The molecule has 0 aliphatic carbocycles. The first kappa shape index (κ1) is 17.0. The van der Waals surface area contributed by atoms with Gasteiger partial charge in [0.25, 0.3) is 11.5 Å². The summed E-state index contributed by atoms with van der Waals surface area (Å²) in [6.07, 6.45) is 2.76. The fraction of sp³-hybridized carbons (Fsp3) is 0.312. The molecule has 3 N–H and O–H groups in total. The van der Waals surface area contributed by atoms with Gasteiger partial charge in [-0.25, -0.2) is 4.98 Å². The van der Waals surface area contributed by atoms with E-state index < -0.39 is 5.56 Å². The quantitative estimate of drug-likeness (QED) is 0.852. The Kier molecular flexibility index (Phi) is 4.89. The van der Waals surface area contributed by atoms with Crippen LogP contribution in [0.25, 0.3) is 11.4 Å². The Morgan fingerprint density at radius 2 is 1.83 bits per heavy atom. The van der Waals surface area contributed by atoms with Crippen molar-refractivity contribution in [2.45, 2.75) is 18.9 Å². The van der Waals surface area contributed by atoms with Crippen molar-refractivity contribution < 1.29 is 4.79 Å². The number of rotatable bonds is 2. The fourth-order valence-corrected chi connectivity index (χ4v) is 3.18. The SMILES string of the molecule is NC1CCN(C(=O)c2cnc(-c3cc(Cl)cc(Cl)c3)[nH]c2=O)CC1. The first-order valence-corrected chi connectivity index (χ1v) is 8.30. The zero-order chi connectivity index (χ0) is 17.3. The molecular formula is C16H16Cl2N4O2. The number of hydrogen-bond donors (Lipinski definition) is 2. The van der Waals surface area contributed by atoms with Gasteiger partial charge in [0, 0.05) is 40.9 Å². The lowest BCUT2D eigenvalue weighted by molar-refractivity contribution is 0.0712. The second-order valence-electron chi connectivity index (χ2n) is 5.76. The summed E-state index contributed by atoms with van der Waals surface area (Å²) in [6, 6.07) is 4.97. The number of carbonyl (C=O) groups excluding carboxylic acids is 1. The van der Waals surface area contributed by atoms with Gasteiger partial charge in [-0.2, -0.15) is 0 Å². The molecule has 0 saturated carbocycles. The van der Waals surface area contributed by atoms with Crippen molar-refractivity contribution in [2.75, 3.05) is 13.1 Å². The van der Waals surface area contributed by atoms with Crippen LogP contribution in [0, 0.1) is 0 Å². The Hall–Kier alpha value is -1.89. The Morgan fingerprint density at radius 1 is 1.21 bits per heavy atom. The smallest absolute Gasteiger partial charge is 0.264 e. The second-order valence-corrected chi connectivity index (χ2v) is 6.64. The van der Waals surface area contributed by atoms with E-state index in [9.17, 15) is 9.59 Å². The molecule has 1 aliphatic heterocycles. The summed E-state index contributed by atoms with van der Waals surface area (Å²) in [6.45, 7) is 1.09. The van der Waals surface area contributed by atoms with E-state index in [1.165, 1.54) is 6.20 Å². The molecule has 1 aromatic carbocycles. The third kappa shape index (κ3) is 3.61. The highest BCUT2D eigenvalue weighted by Gasteiger charge is 2.24. The highest BCUT2D eigenvalue weighted by molar-refractivity contribution is 6.35. The van der Waals surface area contributed by atoms with Crippen LogP contribution in [0.2, 0.25) is 10.0 Å². The van der Waals surface area contributed by atoms with Gasteiger partial charge in [0.15, 0.2) is 0 Å². The van der Waals surface area contributed by atoms with E-state index in [-0.39, 0.29) is 17.5 Å². The number of aromatic amines is 1. The maximum atomic E-state index is 12.5. The van der Waals surface area contributed by atoms with Crippen LogP contribution < -0.4 is 11.3 Å². The maximum absolute atomic E-state index is 12.5. The van der Waals surface area contributed by atoms with E-state index in [2.05, 4.69) is 9.97 Å². The molecule has 1 amide bonds. The molecule has 1 aromatic heterocycles.